The molecule has 1 nitrogen and oxygen atoms in total. The number of fused-ring (bicyclic) bond motifs is 3. The van der Waals surface area contributed by atoms with Gasteiger partial charge in [-0.15, -0.1) is 0 Å². The molecule has 4 unspecified atom stereocenters. The van der Waals surface area contributed by atoms with Gasteiger partial charge in [-0.2, -0.15) is 0 Å². The normalized spacial score (nSPS) is 29.1. The first kappa shape index (κ1) is 13.3. The number of nitrogens with one attached hydrogen (secondary N) is 1. The summed E-state index contributed by atoms with van der Waals surface area (Å²) in [5.74, 6) is 3.01. The van der Waals surface area contributed by atoms with Crippen LogP contribution in [0.3, 0.4) is 0 Å². The Bertz CT molecular complexity index is 627. The quantitative estimate of drug-likeness (QED) is 0.837. The second-order valence-electron chi connectivity index (χ2n) is 7.08. The summed E-state index contributed by atoms with van der Waals surface area (Å²) >= 11 is 0. The monoisotopic (exact) mass is 279 g/mol. The first-order valence-corrected chi connectivity index (χ1v) is 8.50. The molecule has 0 amide bonds. The van der Waals surface area contributed by atoms with Crippen molar-refractivity contribution in [1.29, 1.82) is 0 Å². The molecule has 1 N–H and O–H groups in total. The van der Waals surface area contributed by atoms with Crippen molar-refractivity contribution in [2.75, 3.05) is 7.05 Å². The van der Waals surface area contributed by atoms with E-state index in [-0.39, 0.29) is 0 Å². The van der Waals surface area contributed by atoms with Crippen LogP contribution < -0.4 is 5.32 Å². The van der Waals surface area contributed by atoms with E-state index in [9.17, 15) is 0 Å². The van der Waals surface area contributed by atoms with Gasteiger partial charge in [0.25, 0.3) is 0 Å². The predicted molar refractivity (Wildman–Crippen MR) is 89.3 cm³/mol. The maximum Gasteiger partial charge on any atom is 0.0326 e. The van der Waals surface area contributed by atoms with Gasteiger partial charge in [0.1, 0.15) is 0 Å². The van der Waals surface area contributed by atoms with E-state index >= 15 is 0 Å². The van der Waals surface area contributed by atoms with Gasteiger partial charge < -0.3 is 5.32 Å². The third kappa shape index (κ3) is 2.38. The summed E-state index contributed by atoms with van der Waals surface area (Å²) in [5, 5.41) is 6.38. The standard InChI is InChI=1S/C20H25N/c1-21-20(13-17-12-14-9-10-16(17)11-14)19-8-4-6-15-5-2-3-7-18(15)19/h2-8,14,16-17,20-21H,9-13H2,1H3. The Balaban J connectivity index is 1.62. The molecule has 2 aliphatic rings. The molecule has 4 rings (SSSR count). The highest BCUT2D eigenvalue weighted by molar-refractivity contribution is 5.86. The Labute approximate surface area is 127 Å². The van der Waals surface area contributed by atoms with Crippen LogP contribution in [0.15, 0.2) is 42.5 Å². The molecule has 110 valence electrons. The summed E-state index contributed by atoms with van der Waals surface area (Å²) < 4.78 is 0. The molecular formula is C20H25N. The molecule has 0 aliphatic heterocycles. The molecule has 1 heteroatoms. The maximum absolute atomic E-state index is 3.60. The van der Waals surface area contributed by atoms with Gasteiger partial charge >= 0.3 is 0 Å². The highest BCUT2D eigenvalue weighted by Gasteiger charge is 2.40. The molecule has 2 aromatic carbocycles. The predicted octanol–water partition coefficient (Wildman–Crippen LogP) is 4.93. The summed E-state index contributed by atoms with van der Waals surface area (Å²) in [6.45, 7) is 0. The molecule has 0 radical (unpaired) electrons. The minimum Gasteiger partial charge on any atom is -0.313 e. The molecule has 2 aliphatic carbocycles. The van der Waals surface area contributed by atoms with Crippen molar-refractivity contribution >= 4 is 10.8 Å². The SMILES string of the molecule is CNC(CC1CC2CCC1C2)c1cccc2ccccc12. The van der Waals surface area contributed by atoms with Crippen molar-refractivity contribution in [3.63, 3.8) is 0 Å². The summed E-state index contributed by atoms with van der Waals surface area (Å²) in [7, 11) is 2.12. The fraction of sp³-hybridized carbons (Fsp3) is 0.500. The minimum absolute atomic E-state index is 0.500. The van der Waals surface area contributed by atoms with Crippen LogP contribution in [-0.4, -0.2) is 7.05 Å². The average molecular weight is 279 g/mol. The van der Waals surface area contributed by atoms with E-state index in [1.54, 1.807) is 0 Å². The van der Waals surface area contributed by atoms with Crippen LogP contribution >= 0.6 is 0 Å². The number of hydrogen-bond donors (Lipinski definition) is 1. The lowest BCUT2D eigenvalue weighted by atomic mass is 9.82. The van der Waals surface area contributed by atoms with Gasteiger partial charge in [0, 0.05) is 6.04 Å². The summed E-state index contributed by atoms with van der Waals surface area (Å²) in [6, 6.07) is 16.1. The van der Waals surface area contributed by atoms with Crippen LogP contribution in [0.5, 0.6) is 0 Å². The first-order chi connectivity index (χ1) is 10.3. The van der Waals surface area contributed by atoms with Crippen molar-refractivity contribution < 1.29 is 0 Å². The van der Waals surface area contributed by atoms with Crippen molar-refractivity contribution in [3.05, 3.63) is 48.0 Å². The Morgan fingerprint density at radius 2 is 1.90 bits per heavy atom. The smallest absolute Gasteiger partial charge is 0.0326 e. The highest BCUT2D eigenvalue weighted by Crippen LogP contribution is 2.51. The van der Waals surface area contributed by atoms with Gasteiger partial charge in [-0.25, -0.2) is 0 Å². The van der Waals surface area contributed by atoms with Crippen molar-refractivity contribution in [1.82, 2.24) is 5.32 Å². The fourth-order valence-corrected chi connectivity index (χ4v) is 4.92. The highest BCUT2D eigenvalue weighted by atomic mass is 14.9. The molecule has 21 heavy (non-hydrogen) atoms. The van der Waals surface area contributed by atoms with E-state index in [0.29, 0.717) is 6.04 Å². The zero-order valence-corrected chi connectivity index (χ0v) is 12.9. The van der Waals surface area contributed by atoms with Crippen molar-refractivity contribution in [3.8, 4) is 0 Å². The molecule has 2 fully saturated rings. The molecule has 0 spiro atoms. The van der Waals surface area contributed by atoms with Crippen molar-refractivity contribution in [2.45, 2.75) is 38.1 Å². The molecule has 2 saturated carbocycles. The largest absolute Gasteiger partial charge is 0.313 e. The van der Waals surface area contributed by atoms with Crippen LogP contribution in [0, 0.1) is 17.8 Å². The molecule has 0 aromatic heterocycles. The third-order valence-corrected chi connectivity index (χ3v) is 5.97. The van der Waals surface area contributed by atoms with Gasteiger partial charge in [-0.3, -0.25) is 0 Å². The lowest BCUT2D eigenvalue weighted by Gasteiger charge is -2.27. The Kier molecular flexibility index (Phi) is 3.46. The van der Waals surface area contributed by atoms with Crippen LogP contribution in [0.2, 0.25) is 0 Å². The molecule has 0 saturated heterocycles. The minimum atomic E-state index is 0.500. The molecule has 2 bridgehead atoms. The van der Waals surface area contributed by atoms with E-state index in [0.717, 1.165) is 17.8 Å². The van der Waals surface area contributed by atoms with Crippen LogP contribution in [0.4, 0.5) is 0 Å². The maximum atomic E-state index is 3.60. The Morgan fingerprint density at radius 3 is 2.67 bits per heavy atom. The lowest BCUT2D eigenvalue weighted by molar-refractivity contribution is 0.285. The molecule has 4 atom stereocenters. The second-order valence-corrected chi connectivity index (χ2v) is 7.08. The van der Waals surface area contributed by atoms with E-state index in [1.165, 1.54) is 48.4 Å². The topological polar surface area (TPSA) is 12.0 Å². The van der Waals surface area contributed by atoms with Gasteiger partial charge in [0.2, 0.25) is 0 Å². The van der Waals surface area contributed by atoms with E-state index in [1.807, 2.05) is 0 Å². The second kappa shape index (κ2) is 5.46. The van der Waals surface area contributed by atoms with E-state index in [4.69, 9.17) is 0 Å². The number of hydrogen-bond acceptors (Lipinski definition) is 1. The molecular weight excluding hydrogens is 254 g/mol. The lowest BCUT2D eigenvalue weighted by Crippen LogP contribution is -2.22. The first-order valence-electron chi connectivity index (χ1n) is 8.50. The van der Waals surface area contributed by atoms with Gasteiger partial charge in [0.05, 0.1) is 0 Å². The average Bonchev–Trinajstić information content (AvgIpc) is 3.15. The van der Waals surface area contributed by atoms with Crippen LogP contribution in [-0.2, 0) is 0 Å². The fourth-order valence-electron chi connectivity index (χ4n) is 4.92. The Hall–Kier alpha value is -1.34. The van der Waals surface area contributed by atoms with Gasteiger partial charge in [-0.05, 0) is 66.8 Å². The molecule has 0 heterocycles. The van der Waals surface area contributed by atoms with Gasteiger partial charge in [0.15, 0.2) is 0 Å². The third-order valence-electron chi connectivity index (χ3n) is 5.97. The van der Waals surface area contributed by atoms with Crippen LogP contribution in [0.25, 0.3) is 10.8 Å². The Morgan fingerprint density at radius 1 is 1.05 bits per heavy atom. The number of benzene rings is 2. The van der Waals surface area contributed by atoms with Gasteiger partial charge in [-0.1, -0.05) is 48.9 Å². The van der Waals surface area contributed by atoms with E-state index in [2.05, 4.69) is 54.8 Å². The van der Waals surface area contributed by atoms with E-state index < -0.39 is 0 Å². The number of rotatable bonds is 4. The van der Waals surface area contributed by atoms with Crippen LogP contribution in [0.1, 0.15) is 43.7 Å². The van der Waals surface area contributed by atoms with Crippen molar-refractivity contribution in [2.24, 2.45) is 17.8 Å². The molecule has 2 aromatic rings. The summed E-state index contributed by atoms with van der Waals surface area (Å²) in [4.78, 5) is 0. The zero-order chi connectivity index (χ0) is 14.2. The summed E-state index contributed by atoms with van der Waals surface area (Å²) in [5.41, 5.74) is 1.48. The summed E-state index contributed by atoms with van der Waals surface area (Å²) in [6.07, 6.45) is 7.29. The zero-order valence-electron chi connectivity index (χ0n) is 12.9.